The van der Waals surface area contributed by atoms with Crippen molar-refractivity contribution in [2.75, 3.05) is 13.1 Å². The summed E-state index contributed by atoms with van der Waals surface area (Å²) in [5, 5.41) is 3.41. The van der Waals surface area contributed by atoms with Crippen LogP contribution in [0.4, 0.5) is 0 Å². The van der Waals surface area contributed by atoms with E-state index < -0.39 is 0 Å². The molecule has 0 aromatic carbocycles. The van der Waals surface area contributed by atoms with Gasteiger partial charge >= 0.3 is 0 Å². The van der Waals surface area contributed by atoms with E-state index in [0.29, 0.717) is 6.04 Å². The molecule has 0 unspecified atom stereocenters. The van der Waals surface area contributed by atoms with Crippen molar-refractivity contribution in [2.45, 2.75) is 46.3 Å². The number of rotatable bonds is 5. The van der Waals surface area contributed by atoms with Gasteiger partial charge in [0.2, 0.25) is 0 Å². The SMILES string of the molecule is CC1=CCCN(Cc2ccoc2CNC(C)C)C1. The van der Waals surface area contributed by atoms with Crippen molar-refractivity contribution < 1.29 is 4.42 Å². The molecule has 1 aromatic heterocycles. The van der Waals surface area contributed by atoms with E-state index in [0.717, 1.165) is 31.9 Å². The van der Waals surface area contributed by atoms with Gasteiger partial charge in [0.05, 0.1) is 12.8 Å². The number of nitrogens with one attached hydrogen (secondary N) is 1. The topological polar surface area (TPSA) is 28.4 Å². The summed E-state index contributed by atoms with van der Waals surface area (Å²) in [7, 11) is 0. The molecule has 0 saturated heterocycles. The minimum absolute atomic E-state index is 0.489. The highest BCUT2D eigenvalue weighted by Gasteiger charge is 2.14. The first-order valence-electron chi connectivity index (χ1n) is 6.82. The van der Waals surface area contributed by atoms with E-state index in [1.165, 1.54) is 17.6 Å². The molecule has 3 nitrogen and oxygen atoms in total. The van der Waals surface area contributed by atoms with Crippen LogP contribution in [0.5, 0.6) is 0 Å². The molecule has 100 valence electrons. The summed E-state index contributed by atoms with van der Waals surface area (Å²) in [6.45, 7) is 10.6. The fraction of sp³-hybridized carbons (Fsp3) is 0.600. The molecule has 3 heteroatoms. The van der Waals surface area contributed by atoms with Crippen LogP contribution in [0.3, 0.4) is 0 Å². The molecule has 0 radical (unpaired) electrons. The number of nitrogens with zero attached hydrogens (tertiary/aromatic N) is 1. The molecule has 18 heavy (non-hydrogen) atoms. The Kier molecular flexibility index (Phi) is 4.61. The third-order valence-electron chi connectivity index (χ3n) is 3.31. The van der Waals surface area contributed by atoms with Crippen molar-refractivity contribution in [2.24, 2.45) is 0 Å². The van der Waals surface area contributed by atoms with Gasteiger partial charge in [-0.05, 0) is 19.4 Å². The van der Waals surface area contributed by atoms with Crippen LogP contribution in [-0.2, 0) is 13.1 Å². The van der Waals surface area contributed by atoms with E-state index in [1.807, 2.05) is 0 Å². The maximum atomic E-state index is 5.58. The molecule has 0 fully saturated rings. The normalized spacial score (nSPS) is 17.2. The second-order valence-electron chi connectivity index (χ2n) is 5.45. The summed E-state index contributed by atoms with van der Waals surface area (Å²) in [6.07, 6.45) is 5.32. The Labute approximate surface area is 110 Å². The zero-order chi connectivity index (χ0) is 13.0. The molecule has 0 amide bonds. The Balaban J connectivity index is 1.93. The summed E-state index contributed by atoms with van der Waals surface area (Å²) in [6, 6.07) is 2.59. The third-order valence-corrected chi connectivity index (χ3v) is 3.31. The van der Waals surface area contributed by atoms with E-state index in [9.17, 15) is 0 Å². The van der Waals surface area contributed by atoms with Crippen molar-refractivity contribution in [3.05, 3.63) is 35.3 Å². The van der Waals surface area contributed by atoms with Gasteiger partial charge in [-0.1, -0.05) is 25.5 Å². The Morgan fingerprint density at radius 2 is 2.28 bits per heavy atom. The molecule has 1 N–H and O–H groups in total. The largest absolute Gasteiger partial charge is 0.468 e. The van der Waals surface area contributed by atoms with Gasteiger partial charge in [0, 0.05) is 31.2 Å². The highest BCUT2D eigenvalue weighted by atomic mass is 16.3. The lowest BCUT2D eigenvalue weighted by Gasteiger charge is -2.25. The number of furan rings is 1. The van der Waals surface area contributed by atoms with Gasteiger partial charge in [0.15, 0.2) is 0 Å². The van der Waals surface area contributed by atoms with E-state index in [1.54, 1.807) is 6.26 Å². The lowest BCUT2D eigenvalue weighted by atomic mass is 10.1. The molecule has 0 bridgehead atoms. The molecule has 1 aromatic rings. The smallest absolute Gasteiger partial charge is 0.122 e. The van der Waals surface area contributed by atoms with Crippen LogP contribution in [0.1, 0.15) is 38.5 Å². The summed E-state index contributed by atoms with van der Waals surface area (Å²) < 4.78 is 5.58. The monoisotopic (exact) mass is 248 g/mol. The predicted octanol–water partition coefficient (Wildman–Crippen LogP) is 2.93. The molecule has 2 rings (SSSR count). The van der Waals surface area contributed by atoms with Gasteiger partial charge in [-0.2, -0.15) is 0 Å². The average molecular weight is 248 g/mol. The second-order valence-corrected chi connectivity index (χ2v) is 5.45. The van der Waals surface area contributed by atoms with Crippen molar-refractivity contribution in [3.63, 3.8) is 0 Å². The first-order chi connectivity index (χ1) is 8.65. The van der Waals surface area contributed by atoms with Gasteiger partial charge in [-0.3, -0.25) is 4.90 Å². The van der Waals surface area contributed by atoms with Crippen molar-refractivity contribution in [3.8, 4) is 0 Å². The molecular weight excluding hydrogens is 224 g/mol. The molecule has 1 aliphatic heterocycles. The minimum Gasteiger partial charge on any atom is -0.468 e. The number of hydrogen-bond acceptors (Lipinski definition) is 3. The predicted molar refractivity (Wildman–Crippen MR) is 74.3 cm³/mol. The van der Waals surface area contributed by atoms with Gasteiger partial charge in [-0.25, -0.2) is 0 Å². The van der Waals surface area contributed by atoms with Gasteiger partial charge in [0.25, 0.3) is 0 Å². The van der Waals surface area contributed by atoms with Crippen LogP contribution in [0, 0.1) is 0 Å². The van der Waals surface area contributed by atoms with Crippen molar-refractivity contribution in [1.82, 2.24) is 10.2 Å². The summed E-state index contributed by atoms with van der Waals surface area (Å²) >= 11 is 0. The van der Waals surface area contributed by atoms with Gasteiger partial charge in [-0.15, -0.1) is 0 Å². The second kappa shape index (κ2) is 6.21. The lowest BCUT2D eigenvalue weighted by Crippen LogP contribution is -2.29. The Morgan fingerprint density at radius 3 is 3.00 bits per heavy atom. The standard InChI is InChI=1S/C15H24N2O/c1-12(2)16-9-15-14(6-8-18-15)11-17-7-4-5-13(3)10-17/h5-6,8,12,16H,4,7,9-11H2,1-3H3. The van der Waals surface area contributed by atoms with Crippen LogP contribution < -0.4 is 5.32 Å². The maximum absolute atomic E-state index is 5.58. The highest BCUT2D eigenvalue weighted by Crippen LogP contribution is 2.17. The molecule has 0 atom stereocenters. The third kappa shape index (κ3) is 3.72. The quantitative estimate of drug-likeness (QED) is 0.812. The van der Waals surface area contributed by atoms with Crippen LogP contribution in [0.25, 0.3) is 0 Å². The van der Waals surface area contributed by atoms with E-state index in [2.05, 4.69) is 43.1 Å². The van der Waals surface area contributed by atoms with E-state index in [-0.39, 0.29) is 0 Å². The molecule has 2 heterocycles. The summed E-state index contributed by atoms with van der Waals surface area (Å²) in [5.41, 5.74) is 2.80. The molecule has 1 aliphatic rings. The van der Waals surface area contributed by atoms with E-state index in [4.69, 9.17) is 4.42 Å². The first-order valence-corrected chi connectivity index (χ1v) is 6.82. The van der Waals surface area contributed by atoms with Crippen LogP contribution >= 0.6 is 0 Å². The fourth-order valence-electron chi connectivity index (χ4n) is 2.33. The Morgan fingerprint density at radius 1 is 1.44 bits per heavy atom. The average Bonchev–Trinajstić information content (AvgIpc) is 2.74. The lowest BCUT2D eigenvalue weighted by molar-refractivity contribution is 0.279. The summed E-state index contributed by atoms with van der Waals surface area (Å²) in [4.78, 5) is 2.49. The van der Waals surface area contributed by atoms with Gasteiger partial charge < -0.3 is 9.73 Å². The zero-order valence-electron chi connectivity index (χ0n) is 11.7. The van der Waals surface area contributed by atoms with Crippen LogP contribution in [0.15, 0.2) is 28.4 Å². The fourth-order valence-corrected chi connectivity index (χ4v) is 2.33. The zero-order valence-corrected chi connectivity index (χ0v) is 11.7. The maximum Gasteiger partial charge on any atom is 0.122 e. The van der Waals surface area contributed by atoms with Crippen molar-refractivity contribution in [1.29, 1.82) is 0 Å². The van der Waals surface area contributed by atoms with Crippen LogP contribution in [-0.4, -0.2) is 24.0 Å². The van der Waals surface area contributed by atoms with Crippen molar-refractivity contribution >= 4 is 0 Å². The molecule has 0 saturated carbocycles. The van der Waals surface area contributed by atoms with Gasteiger partial charge in [0.1, 0.15) is 5.76 Å². The first kappa shape index (κ1) is 13.4. The van der Waals surface area contributed by atoms with E-state index >= 15 is 0 Å². The minimum atomic E-state index is 0.489. The Hall–Kier alpha value is -1.06. The highest BCUT2D eigenvalue weighted by molar-refractivity contribution is 5.18. The summed E-state index contributed by atoms with van der Waals surface area (Å²) in [5.74, 6) is 1.08. The molecule has 0 spiro atoms. The number of hydrogen-bond donors (Lipinski definition) is 1. The van der Waals surface area contributed by atoms with Crippen LogP contribution in [0.2, 0.25) is 0 Å². The molecule has 0 aliphatic carbocycles. The Bertz CT molecular complexity index is 406. The molecular formula is C15H24N2O.